The van der Waals surface area contributed by atoms with Gasteiger partial charge in [-0.15, -0.1) is 0 Å². The molecule has 1 aromatic carbocycles. The number of nitrogens with two attached hydrogens (primary N) is 1. The van der Waals surface area contributed by atoms with Crippen LogP contribution in [-0.4, -0.2) is 10.9 Å². The topological polar surface area (TPSA) is 80.0 Å². The minimum atomic E-state index is -0.564. The van der Waals surface area contributed by atoms with Crippen LogP contribution in [-0.2, 0) is 0 Å². The van der Waals surface area contributed by atoms with Crippen LogP contribution in [0.2, 0.25) is 5.02 Å². The Bertz CT molecular complexity index is 663. The summed E-state index contributed by atoms with van der Waals surface area (Å²) >= 11 is 5.76. The smallest absolute Gasteiger partial charge is 0.255 e. The van der Waals surface area contributed by atoms with Crippen molar-refractivity contribution < 1.29 is 9.18 Å². The van der Waals surface area contributed by atoms with Crippen LogP contribution in [0.15, 0.2) is 30.3 Å². The van der Waals surface area contributed by atoms with Gasteiger partial charge >= 0.3 is 0 Å². The Morgan fingerprint density at radius 2 is 2.10 bits per heavy atom. The van der Waals surface area contributed by atoms with Gasteiger partial charge in [-0.3, -0.25) is 4.79 Å². The van der Waals surface area contributed by atoms with Gasteiger partial charge in [0.2, 0.25) is 0 Å². The maximum atomic E-state index is 13.6. The van der Waals surface area contributed by atoms with Crippen molar-refractivity contribution in [2.45, 2.75) is 6.92 Å². The van der Waals surface area contributed by atoms with E-state index in [4.69, 9.17) is 17.4 Å². The van der Waals surface area contributed by atoms with Gasteiger partial charge in [-0.05, 0) is 37.3 Å². The van der Waals surface area contributed by atoms with E-state index in [0.717, 1.165) is 0 Å². The van der Waals surface area contributed by atoms with Crippen molar-refractivity contribution in [1.29, 1.82) is 0 Å². The monoisotopic (exact) mass is 294 g/mol. The molecule has 0 unspecified atom stereocenters. The molecule has 20 heavy (non-hydrogen) atoms. The van der Waals surface area contributed by atoms with Crippen molar-refractivity contribution in [3.8, 4) is 0 Å². The fourth-order valence-corrected chi connectivity index (χ4v) is 1.83. The molecule has 0 aliphatic heterocycles. The van der Waals surface area contributed by atoms with Gasteiger partial charge in [-0.2, -0.15) is 0 Å². The van der Waals surface area contributed by atoms with E-state index in [1.807, 2.05) is 0 Å². The maximum Gasteiger partial charge on any atom is 0.255 e. The number of aromatic nitrogens is 1. The molecule has 5 nitrogen and oxygen atoms in total. The van der Waals surface area contributed by atoms with Gasteiger partial charge in [-0.25, -0.2) is 15.2 Å². The van der Waals surface area contributed by atoms with Gasteiger partial charge in [0.25, 0.3) is 5.91 Å². The van der Waals surface area contributed by atoms with Crippen LogP contribution >= 0.6 is 11.6 Å². The zero-order chi connectivity index (χ0) is 14.7. The Morgan fingerprint density at radius 1 is 1.35 bits per heavy atom. The van der Waals surface area contributed by atoms with Gasteiger partial charge in [-0.1, -0.05) is 11.6 Å². The van der Waals surface area contributed by atoms with E-state index >= 15 is 0 Å². The van der Waals surface area contributed by atoms with Crippen molar-refractivity contribution in [3.63, 3.8) is 0 Å². The summed E-state index contributed by atoms with van der Waals surface area (Å²) in [6.07, 6.45) is 0. The van der Waals surface area contributed by atoms with E-state index in [9.17, 15) is 9.18 Å². The number of hydrazine groups is 1. The zero-order valence-electron chi connectivity index (χ0n) is 10.6. The number of pyridine rings is 1. The van der Waals surface area contributed by atoms with Crippen molar-refractivity contribution in [2.24, 2.45) is 5.84 Å². The highest BCUT2D eigenvalue weighted by molar-refractivity contribution is 6.31. The fraction of sp³-hybridized carbons (Fsp3) is 0.0769. The van der Waals surface area contributed by atoms with E-state index < -0.39 is 11.7 Å². The van der Waals surface area contributed by atoms with E-state index in [0.29, 0.717) is 22.1 Å². The summed E-state index contributed by atoms with van der Waals surface area (Å²) in [6, 6.07) is 6.95. The predicted molar refractivity (Wildman–Crippen MR) is 76.1 cm³/mol. The third-order valence-electron chi connectivity index (χ3n) is 2.54. The van der Waals surface area contributed by atoms with Crippen molar-refractivity contribution >= 4 is 29.0 Å². The first-order chi connectivity index (χ1) is 9.49. The molecule has 1 amide bonds. The number of carbonyl (C=O) groups excluding carboxylic acids is 1. The number of nitrogen functional groups attached to an aromatic ring is 1. The standard InChI is InChI=1S/C13H12ClFN4O/c1-7-4-8(5-12(17-7)19-16)13(20)18-11-6-9(14)2-3-10(11)15/h2-6H,16H2,1H3,(H,17,19)(H,18,20). The Balaban J connectivity index is 2.28. The maximum absolute atomic E-state index is 13.6. The molecule has 1 heterocycles. The quantitative estimate of drug-likeness (QED) is 0.600. The summed E-state index contributed by atoms with van der Waals surface area (Å²) < 4.78 is 13.6. The third-order valence-corrected chi connectivity index (χ3v) is 2.78. The number of carbonyl (C=O) groups is 1. The molecular formula is C13H12ClFN4O. The first-order valence-electron chi connectivity index (χ1n) is 5.71. The first-order valence-corrected chi connectivity index (χ1v) is 6.09. The molecule has 1 aromatic heterocycles. The largest absolute Gasteiger partial charge is 0.319 e. The van der Waals surface area contributed by atoms with E-state index in [1.54, 1.807) is 13.0 Å². The lowest BCUT2D eigenvalue weighted by molar-refractivity contribution is 0.102. The minimum Gasteiger partial charge on any atom is -0.319 e. The molecule has 2 aromatic rings. The summed E-state index contributed by atoms with van der Waals surface area (Å²) in [4.78, 5) is 16.1. The molecule has 4 N–H and O–H groups in total. The van der Waals surface area contributed by atoms with Gasteiger partial charge in [0, 0.05) is 16.3 Å². The Hall–Kier alpha value is -2.18. The number of hydrogen-bond donors (Lipinski definition) is 3. The van der Waals surface area contributed by atoms with Crippen LogP contribution in [0.1, 0.15) is 16.1 Å². The Morgan fingerprint density at radius 3 is 2.80 bits per heavy atom. The van der Waals surface area contributed by atoms with Crippen LogP contribution in [0.4, 0.5) is 15.9 Å². The second-order valence-electron chi connectivity index (χ2n) is 4.11. The van der Waals surface area contributed by atoms with Crippen LogP contribution in [0.5, 0.6) is 0 Å². The molecule has 0 aliphatic rings. The number of anilines is 2. The summed E-state index contributed by atoms with van der Waals surface area (Å²) in [5.41, 5.74) is 3.29. The van der Waals surface area contributed by atoms with Crippen LogP contribution in [0, 0.1) is 12.7 Å². The second-order valence-corrected chi connectivity index (χ2v) is 4.54. The average molecular weight is 295 g/mol. The number of nitrogens with zero attached hydrogens (tertiary/aromatic N) is 1. The molecule has 0 spiro atoms. The Labute approximate surface area is 119 Å². The molecule has 0 bridgehead atoms. The number of aryl methyl sites for hydroxylation is 1. The molecule has 7 heteroatoms. The number of halogens is 2. The highest BCUT2D eigenvalue weighted by Crippen LogP contribution is 2.20. The average Bonchev–Trinajstić information content (AvgIpc) is 2.42. The van der Waals surface area contributed by atoms with E-state index in [2.05, 4.69) is 15.7 Å². The molecule has 2 rings (SSSR count). The van der Waals surface area contributed by atoms with Gasteiger partial charge in [0.15, 0.2) is 0 Å². The lowest BCUT2D eigenvalue weighted by Crippen LogP contribution is -2.15. The van der Waals surface area contributed by atoms with Crippen LogP contribution in [0.3, 0.4) is 0 Å². The molecular weight excluding hydrogens is 283 g/mol. The van der Waals surface area contributed by atoms with Gasteiger partial charge < -0.3 is 10.7 Å². The summed E-state index contributed by atoms with van der Waals surface area (Å²) in [7, 11) is 0. The Kier molecular flexibility index (Phi) is 4.16. The highest BCUT2D eigenvalue weighted by Gasteiger charge is 2.11. The molecule has 0 saturated carbocycles. The van der Waals surface area contributed by atoms with Gasteiger partial charge in [0.05, 0.1) is 5.69 Å². The lowest BCUT2D eigenvalue weighted by Gasteiger charge is -2.09. The van der Waals surface area contributed by atoms with E-state index in [1.165, 1.54) is 24.3 Å². The summed E-state index contributed by atoms with van der Waals surface area (Å²) in [6.45, 7) is 1.72. The normalized spacial score (nSPS) is 10.2. The van der Waals surface area contributed by atoms with E-state index in [-0.39, 0.29) is 5.69 Å². The SMILES string of the molecule is Cc1cc(C(=O)Nc2cc(Cl)ccc2F)cc(NN)n1. The minimum absolute atomic E-state index is 0.0132. The number of benzene rings is 1. The second kappa shape index (κ2) is 5.85. The zero-order valence-corrected chi connectivity index (χ0v) is 11.3. The molecule has 0 aliphatic carbocycles. The number of amides is 1. The van der Waals surface area contributed by atoms with Crippen LogP contribution in [0.25, 0.3) is 0 Å². The predicted octanol–water partition coefficient (Wildman–Crippen LogP) is 2.72. The number of hydrogen-bond acceptors (Lipinski definition) is 4. The molecule has 0 radical (unpaired) electrons. The molecule has 104 valence electrons. The van der Waals surface area contributed by atoms with Crippen molar-refractivity contribution in [2.75, 3.05) is 10.7 Å². The molecule has 0 fully saturated rings. The summed E-state index contributed by atoms with van der Waals surface area (Å²) in [5, 5.41) is 2.78. The van der Waals surface area contributed by atoms with Crippen molar-refractivity contribution in [1.82, 2.24) is 4.98 Å². The van der Waals surface area contributed by atoms with Gasteiger partial charge in [0.1, 0.15) is 11.6 Å². The molecule has 0 atom stereocenters. The van der Waals surface area contributed by atoms with Crippen molar-refractivity contribution in [3.05, 3.63) is 52.4 Å². The third kappa shape index (κ3) is 3.23. The van der Waals surface area contributed by atoms with Crippen LogP contribution < -0.4 is 16.6 Å². The lowest BCUT2D eigenvalue weighted by atomic mass is 10.2. The molecule has 0 saturated heterocycles. The number of nitrogens with one attached hydrogen (secondary N) is 2. The number of rotatable bonds is 3. The fourth-order valence-electron chi connectivity index (χ4n) is 1.66. The summed E-state index contributed by atoms with van der Waals surface area (Å²) in [5.74, 6) is 4.57. The highest BCUT2D eigenvalue weighted by atomic mass is 35.5. The first kappa shape index (κ1) is 14.2.